The average Bonchev–Trinajstić information content (AvgIpc) is 3.05. The molecule has 0 aliphatic heterocycles. The molecule has 1 atom stereocenters. The van der Waals surface area contributed by atoms with Crippen LogP contribution in [0.4, 0.5) is 0 Å². The molecule has 1 unspecified atom stereocenters. The summed E-state index contributed by atoms with van der Waals surface area (Å²) in [6.07, 6.45) is 0. The van der Waals surface area contributed by atoms with E-state index in [9.17, 15) is 4.79 Å². The zero-order valence-electron chi connectivity index (χ0n) is 14.5. The van der Waals surface area contributed by atoms with Crippen molar-refractivity contribution in [2.45, 2.75) is 30.5 Å². The Morgan fingerprint density at radius 2 is 2.08 bits per heavy atom. The van der Waals surface area contributed by atoms with E-state index in [1.54, 1.807) is 23.1 Å². The third kappa shape index (κ3) is 4.87. The lowest BCUT2D eigenvalue weighted by molar-refractivity contribution is 0.0937. The molecule has 26 heavy (non-hydrogen) atoms. The largest absolute Gasteiger partial charge is 0.345 e. The molecule has 6 heteroatoms. The van der Waals surface area contributed by atoms with Crippen molar-refractivity contribution in [3.05, 3.63) is 80.8 Å². The second kappa shape index (κ2) is 8.71. The summed E-state index contributed by atoms with van der Waals surface area (Å²) in [5.74, 6) is 0.661. The monoisotopic (exact) mass is 402 g/mol. The lowest BCUT2D eigenvalue weighted by atomic mass is 10.1. The molecule has 1 N–H and O–H groups in total. The third-order valence-electron chi connectivity index (χ3n) is 3.87. The number of amides is 1. The first kappa shape index (κ1) is 19.0. The average molecular weight is 403 g/mol. The topological polar surface area (TPSA) is 42.0 Å². The van der Waals surface area contributed by atoms with E-state index in [2.05, 4.69) is 15.7 Å². The van der Waals surface area contributed by atoms with Gasteiger partial charge in [0.2, 0.25) is 0 Å². The van der Waals surface area contributed by atoms with Crippen molar-refractivity contribution in [2.24, 2.45) is 0 Å². The fraction of sp³-hybridized carbons (Fsp3) is 0.200. The standard InChI is InChI=1S/C20H19ClN2OS2/c1-13(15-6-5-7-16(21)10-15)22-20(24)18-8-3-4-9-19(18)26-12-17-11-25-14(2)23-17/h3-11,13H,12H2,1-2H3,(H,22,24). The van der Waals surface area contributed by atoms with E-state index < -0.39 is 0 Å². The van der Waals surface area contributed by atoms with Crippen LogP contribution < -0.4 is 5.32 Å². The van der Waals surface area contributed by atoms with Crippen molar-refractivity contribution >= 4 is 40.6 Å². The summed E-state index contributed by atoms with van der Waals surface area (Å²) in [5.41, 5.74) is 2.70. The molecule has 1 aromatic heterocycles. The number of hydrogen-bond acceptors (Lipinski definition) is 4. The second-order valence-electron chi connectivity index (χ2n) is 5.89. The highest BCUT2D eigenvalue weighted by Gasteiger charge is 2.15. The van der Waals surface area contributed by atoms with Crippen LogP contribution in [0.3, 0.4) is 0 Å². The van der Waals surface area contributed by atoms with Gasteiger partial charge in [-0.1, -0.05) is 35.9 Å². The van der Waals surface area contributed by atoms with Crippen LogP contribution in [0.5, 0.6) is 0 Å². The smallest absolute Gasteiger partial charge is 0.252 e. The number of halogens is 1. The van der Waals surface area contributed by atoms with Crippen LogP contribution in [-0.4, -0.2) is 10.9 Å². The molecule has 0 bridgehead atoms. The summed E-state index contributed by atoms with van der Waals surface area (Å²) < 4.78 is 0. The minimum Gasteiger partial charge on any atom is -0.345 e. The highest BCUT2D eigenvalue weighted by atomic mass is 35.5. The second-order valence-corrected chi connectivity index (χ2v) is 8.41. The number of benzene rings is 2. The van der Waals surface area contributed by atoms with E-state index >= 15 is 0 Å². The van der Waals surface area contributed by atoms with Crippen LogP contribution in [0, 0.1) is 6.92 Å². The Bertz CT molecular complexity index is 910. The number of carbonyl (C=O) groups is 1. The van der Waals surface area contributed by atoms with Gasteiger partial charge in [-0.25, -0.2) is 4.98 Å². The van der Waals surface area contributed by atoms with Gasteiger partial charge in [0, 0.05) is 21.1 Å². The van der Waals surface area contributed by atoms with Crippen LogP contribution in [-0.2, 0) is 5.75 Å². The van der Waals surface area contributed by atoms with Gasteiger partial charge in [-0.3, -0.25) is 4.79 Å². The van der Waals surface area contributed by atoms with Gasteiger partial charge in [-0.15, -0.1) is 23.1 Å². The molecular formula is C20H19ClN2OS2. The normalized spacial score (nSPS) is 12.0. The first-order valence-corrected chi connectivity index (χ1v) is 10.5. The summed E-state index contributed by atoms with van der Waals surface area (Å²) in [6, 6.07) is 15.1. The fourth-order valence-corrected chi connectivity index (χ4v) is 4.40. The predicted molar refractivity (Wildman–Crippen MR) is 110 cm³/mol. The molecule has 1 heterocycles. The minimum atomic E-state index is -0.125. The number of thiazole rings is 1. The molecule has 2 aromatic carbocycles. The first-order chi connectivity index (χ1) is 12.5. The molecule has 0 spiro atoms. The Labute approximate surface area is 166 Å². The quantitative estimate of drug-likeness (QED) is 0.523. The van der Waals surface area contributed by atoms with Crippen LogP contribution in [0.1, 0.15) is 39.6 Å². The number of carbonyl (C=O) groups excluding carboxylic acids is 1. The number of thioether (sulfide) groups is 1. The maximum absolute atomic E-state index is 12.8. The molecule has 0 saturated carbocycles. The lowest BCUT2D eigenvalue weighted by Gasteiger charge is -2.16. The summed E-state index contributed by atoms with van der Waals surface area (Å²) >= 11 is 9.32. The Hall–Kier alpha value is -1.82. The first-order valence-electron chi connectivity index (χ1n) is 8.22. The Morgan fingerprint density at radius 3 is 2.81 bits per heavy atom. The number of nitrogens with zero attached hydrogens (tertiary/aromatic N) is 1. The maximum Gasteiger partial charge on any atom is 0.252 e. The molecule has 0 saturated heterocycles. The van der Waals surface area contributed by atoms with Crippen molar-refractivity contribution in [3.8, 4) is 0 Å². The van der Waals surface area contributed by atoms with Gasteiger partial charge in [-0.2, -0.15) is 0 Å². The summed E-state index contributed by atoms with van der Waals surface area (Å²) in [5, 5.41) is 6.84. The van der Waals surface area contributed by atoms with E-state index in [1.807, 2.05) is 62.4 Å². The van der Waals surface area contributed by atoms with Crippen LogP contribution in [0.2, 0.25) is 5.02 Å². The Balaban J connectivity index is 1.71. The number of rotatable bonds is 6. The zero-order valence-corrected chi connectivity index (χ0v) is 16.9. The SMILES string of the molecule is Cc1nc(CSc2ccccc2C(=O)NC(C)c2cccc(Cl)c2)cs1. The van der Waals surface area contributed by atoms with Gasteiger partial charge in [0.15, 0.2) is 0 Å². The molecule has 1 amide bonds. The van der Waals surface area contributed by atoms with Crippen molar-refractivity contribution < 1.29 is 4.79 Å². The number of aromatic nitrogens is 1. The summed E-state index contributed by atoms with van der Waals surface area (Å²) in [7, 11) is 0. The van der Waals surface area contributed by atoms with Crippen molar-refractivity contribution in [3.63, 3.8) is 0 Å². The van der Waals surface area contributed by atoms with Crippen molar-refractivity contribution in [2.75, 3.05) is 0 Å². The Kier molecular flexibility index (Phi) is 6.35. The number of aryl methyl sites for hydroxylation is 1. The van der Waals surface area contributed by atoms with Gasteiger partial charge in [0.05, 0.1) is 22.3 Å². The van der Waals surface area contributed by atoms with Gasteiger partial charge in [0.1, 0.15) is 0 Å². The predicted octanol–water partition coefficient (Wildman–Crippen LogP) is 5.89. The lowest BCUT2D eigenvalue weighted by Crippen LogP contribution is -2.27. The van der Waals surface area contributed by atoms with Crippen molar-refractivity contribution in [1.29, 1.82) is 0 Å². The summed E-state index contributed by atoms with van der Waals surface area (Å²) in [6.45, 7) is 3.95. The molecule has 134 valence electrons. The van der Waals surface area contributed by atoms with Crippen molar-refractivity contribution in [1.82, 2.24) is 10.3 Å². The van der Waals surface area contributed by atoms with E-state index in [4.69, 9.17) is 11.6 Å². The van der Waals surface area contributed by atoms with E-state index in [-0.39, 0.29) is 11.9 Å². The maximum atomic E-state index is 12.8. The highest BCUT2D eigenvalue weighted by Crippen LogP contribution is 2.27. The minimum absolute atomic E-state index is 0.0879. The zero-order chi connectivity index (χ0) is 18.5. The van der Waals surface area contributed by atoms with Gasteiger partial charge < -0.3 is 5.32 Å². The van der Waals surface area contributed by atoms with Crippen LogP contribution >= 0.6 is 34.7 Å². The fourth-order valence-electron chi connectivity index (χ4n) is 2.54. The molecule has 3 nitrogen and oxygen atoms in total. The Morgan fingerprint density at radius 1 is 1.27 bits per heavy atom. The van der Waals surface area contributed by atoms with E-state index in [0.717, 1.165) is 26.9 Å². The molecule has 0 aliphatic rings. The molecule has 0 radical (unpaired) electrons. The van der Waals surface area contributed by atoms with Crippen LogP contribution in [0.25, 0.3) is 0 Å². The van der Waals surface area contributed by atoms with Gasteiger partial charge in [-0.05, 0) is 43.7 Å². The molecule has 0 aliphatic carbocycles. The molecule has 3 aromatic rings. The number of hydrogen-bond donors (Lipinski definition) is 1. The molecule has 0 fully saturated rings. The highest BCUT2D eigenvalue weighted by molar-refractivity contribution is 7.98. The van der Waals surface area contributed by atoms with E-state index in [0.29, 0.717) is 10.6 Å². The molecule has 3 rings (SSSR count). The summed E-state index contributed by atoms with van der Waals surface area (Å²) in [4.78, 5) is 18.2. The molecular weight excluding hydrogens is 384 g/mol. The van der Waals surface area contributed by atoms with E-state index in [1.165, 1.54) is 0 Å². The third-order valence-corrected chi connectivity index (χ3v) is 6.03. The van der Waals surface area contributed by atoms with Gasteiger partial charge >= 0.3 is 0 Å². The van der Waals surface area contributed by atoms with Crippen LogP contribution in [0.15, 0.2) is 58.8 Å². The number of nitrogens with one attached hydrogen (secondary N) is 1. The van der Waals surface area contributed by atoms with Gasteiger partial charge in [0.25, 0.3) is 5.91 Å².